The van der Waals surface area contributed by atoms with Crippen molar-refractivity contribution in [3.05, 3.63) is 16.1 Å². The van der Waals surface area contributed by atoms with Gasteiger partial charge in [-0.1, -0.05) is 0 Å². The number of nitrogens with two attached hydrogens (primary N) is 1. The third kappa shape index (κ3) is 4.40. The maximum atomic E-state index is 7.12. The molecule has 84 valence electrons. The molecule has 1 heterocycles. The van der Waals surface area contributed by atoms with Crippen molar-refractivity contribution in [2.24, 2.45) is 5.73 Å². The van der Waals surface area contributed by atoms with Crippen molar-refractivity contribution in [1.29, 1.82) is 5.41 Å². The number of amidine groups is 1. The predicted octanol–water partition coefficient (Wildman–Crippen LogP) is 1.73. The van der Waals surface area contributed by atoms with E-state index in [4.69, 9.17) is 15.9 Å². The summed E-state index contributed by atoms with van der Waals surface area (Å²) >= 11 is 1.66. The van der Waals surface area contributed by atoms with Crippen LogP contribution in [0.4, 0.5) is 0 Å². The first-order chi connectivity index (χ1) is 7.09. The van der Waals surface area contributed by atoms with Gasteiger partial charge in [0.05, 0.1) is 29.8 Å². The van der Waals surface area contributed by atoms with Crippen molar-refractivity contribution in [2.75, 3.05) is 6.61 Å². The molecule has 0 bridgehead atoms. The summed E-state index contributed by atoms with van der Waals surface area (Å²) in [6.07, 6.45) is 1.41. The Balaban J connectivity index is 2.22. The van der Waals surface area contributed by atoms with Gasteiger partial charge in [-0.25, -0.2) is 4.98 Å². The van der Waals surface area contributed by atoms with Crippen LogP contribution in [0, 0.1) is 12.3 Å². The fourth-order valence-corrected chi connectivity index (χ4v) is 2.05. The van der Waals surface area contributed by atoms with Crippen molar-refractivity contribution in [2.45, 2.75) is 32.8 Å². The number of nitrogens with zero attached hydrogens (tertiary/aromatic N) is 1. The molecule has 3 N–H and O–H groups in total. The highest BCUT2D eigenvalue weighted by Gasteiger charge is 2.05. The van der Waals surface area contributed by atoms with E-state index in [0.29, 0.717) is 13.0 Å². The summed E-state index contributed by atoms with van der Waals surface area (Å²) in [6, 6.07) is 0. The monoisotopic (exact) mass is 227 g/mol. The molecule has 0 saturated heterocycles. The van der Waals surface area contributed by atoms with E-state index < -0.39 is 0 Å². The molecule has 0 aliphatic carbocycles. The van der Waals surface area contributed by atoms with Crippen LogP contribution in [0.2, 0.25) is 0 Å². The van der Waals surface area contributed by atoms with Gasteiger partial charge in [0, 0.05) is 17.7 Å². The zero-order chi connectivity index (χ0) is 11.3. The molecule has 1 aromatic heterocycles. The fraction of sp³-hybridized carbons (Fsp3) is 0.600. The lowest BCUT2D eigenvalue weighted by Gasteiger charge is -2.11. The molecule has 1 aromatic rings. The standard InChI is InChI=1S/C10H17N3OS/c1-7(5-10(11)12)14-4-3-9-8(2)13-6-15-9/h6-7H,3-5H2,1-2H3,(H3,11,12). The van der Waals surface area contributed by atoms with E-state index in [9.17, 15) is 0 Å². The van der Waals surface area contributed by atoms with Gasteiger partial charge in [0.1, 0.15) is 0 Å². The molecule has 0 spiro atoms. The van der Waals surface area contributed by atoms with Gasteiger partial charge in [-0.15, -0.1) is 11.3 Å². The predicted molar refractivity (Wildman–Crippen MR) is 62.5 cm³/mol. The Morgan fingerprint density at radius 1 is 1.73 bits per heavy atom. The van der Waals surface area contributed by atoms with E-state index in [-0.39, 0.29) is 11.9 Å². The smallest absolute Gasteiger partial charge is 0.0931 e. The number of hydrogen-bond acceptors (Lipinski definition) is 4. The van der Waals surface area contributed by atoms with E-state index in [0.717, 1.165) is 12.1 Å². The van der Waals surface area contributed by atoms with Crippen LogP contribution < -0.4 is 5.73 Å². The normalized spacial score (nSPS) is 12.7. The Morgan fingerprint density at radius 2 is 2.47 bits per heavy atom. The van der Waals surface area contributed by atoms with Crippen molar-refractivity contribution < 1.29 is 4.74 Å². The first-order valence-corrected chi connectivity index (χ1v) is 5.81. The number of ether oxygens (including phenoxy) is 1. The van der Waals surface area contributed by atoms with Crippen LogP contribution >= 0.6 is 11.3 Å². The largest absolute Gasteiger partial charge is 0.388 e. The van der Waals surface area contributed by atoms with Crippen LogP contribution in [0.5, 0.6) is 0 Å². The molecule has 15 heavy (non-hydrogen) atoms. The van der Waals surface area contributed by atoms with Gasteiger partial charge in [-0.2, -0.15) is 0 Å². The maximum Gasteiger partial charge on any atom is 0.0931 e. The molecular formula is C10H17N3OS. The number of aromatic nitrogens is 1. The molecule has 0 aromatic carbocycles. The maximum absolute atomic E-state index is 7.12. The second-order valence-electron chi connectivity index (χ2n) is 3.52. The zero-order valence-electron chi connectivity index (χ0n) is 9.12. The van der Waals surface area contributed by atoms with Crippen molar-refractivity contribution >= 4 is 17.2 Å². The quantitative estimate of drug-likeness (QED) is 0.574. The van der Waals surface area contributed by atoms with Crippen LogP contribution in [0.1, 0.15) is 23.9 Å². The molecule has 0 aliphatic heterocycles. The van der Waals surface area contributed by atoms with Crippen molar-refractivity contribution in [1.82, 2.24) is 4.98 Å². The van der Waals surface area contributed by atoms with Crippen LogP contribution in [0.3, 0.4) is 0 Å². The summed E-state index contributed by atoms with van der Waals surface area (Å²) in [5.74, 6) is 0.177. The highest BCUT2D eigenvalue weighted by molar-refractivity contribution is 7.09. The number of hydrogen-bond donors (Lipinski definition) is 2. The molecule has 1 unspecified atom stereocenters. The van der Waals surface area contributed by atoms with E-state index in [1.165, 1.54) is 4.88 Å². The molecule has 0 fully saturated rings. The van der Waals surface area contributed by atoms with E-state index in [1.54, 1.807) is 11.3 Å². The molecule has 5 heteroatoms. The van der Waals surface area contributed by atoms with Gasteiger partial charge in [-0.3, -0.25) is 5.41 Å². The average molecular weight is 227 g/mol. The average Bonchev–Trinajstić information content (AvgIpc) is 2.50. The Labute approximate surface area is 94.0 Å². The minimum absolute atomic E-state index is 0.0238. The highest BCUT2D eigenvalue weighted by atomic mass is 32.1. The van der Waals surface area contributed by atoms with Crippen LogP contribution in [-0.2, 0) is 11.2 Å². The van der Waals surface area contributed by atoms with Crippen molar-refractivity contribution in [3.63, 3.8) is 0 Å². The number of rotatable bonds is 6. The van der Waals surface area contributed by atoms with Crippen LogP contribution in [0.25, 0.3) is 0 Å². The molecule has 1 atom stereocenters. The highest BCUT2D eigenvalue weighted by Crippen LogP contribution is 2.13. The summed E-state index contributed by atoms with van der Waals surface area (Å²) in [6.45, 7) is 4.60. The summed E-state index contributed by atoms with van der Waals surface area (Å²) < 4.78 is 5.54. The third-order valence-corrected chi connectivity index (χ3v) is 3.08. The topological polar surface area (TPSA) is 72.0 Å². The number of thiazole rings is 1. The SMILES string of the molecule is Cc1ncsc1CCOC(C)CC(=N)N. The Bertz CT molecular complexity index is 324. The minimum Gasteiger partial charge on any atom is -0.388 e. The first-order valence-electron chi connectivity index (χ1n) is 4.93. The molecule has 0 saturated carbocycles. The zero-order valence-corrected chi connectivity index (χ0v) is 9.93. The van der Waals surface area contributed by atoms with Gasteiger partial charge in [0.25, 0.3) is 0 Å². The van der Waals surface area contributed by atoms with Gasteiger partial charge in [0.15, 0.2) is 0 Å². The number of nitrogens with one attached hydrogen (secondary N) is 1. The molecular weight excluding hydrogens is 210 g/mol. The Morgan fingerprint density at radius 3 is 3.00 bits per heavy atom. The van der Waals surface area contributed by atoms with Crippen LogP contribution in [-0.4, -0.2) is 23.5 Å². The minimum atomic E-state index is 0.0238. The van der Waals surface area contributed by atoms with Gasteiger partial charge in [0.2, 0.25) is 0 Å². The van der Waals surface area contributed by atoms with E-state index in [1.807, 2.05) is 19.4 Å². The summed E-state index contributed by atoms with van der Waals surface area (Å²) in [7, 11) is 0. The van der Waals surface area contributed by atoms with Crippen LogP contribution in [0.15, 0.2) is 5.51 Å². The lowest BCUT2D eigenvalue weighted by molar-refractivity contribution is 0.0734. The summed E-state index contributed by atoms with van der Waals surface area (Å²) in [5.41, 5.74) is 8.22. The third-order valence-electron chi connectivity index (χ3n) is 2.08. The second kappa shape index (κ2) is 5.82. The summed E-state index contributed by atoms with van der Waals surface area (Å²) in [4.78, 5) is 5.44. The molecule has 0 radical (unpaired) electrons. The van der Waals surface area contributed by atoms with E-state index >= 15 is 0 Å². The molecule has 1 rings (SSSR count). The lowest BCUT2D eigenvalue weighted by atomic mass is 10.2. The molecule has 0 amide bonds. The van der Waals surface area contributed by atoms with Gasteiger partial charge < -0.3 is 10.5 Å². The van der Waals surface area contributed by atoms with Gasteiger partial charge >= 0.3 is 0 Å². The van der Waals surface area contributed by atoms with Crippen molar-refractivity contribution in [3.8, 4) is 0 Å². The molecule has 0 aliphatic rings. The number of aryl methyl sites for hydroxylation is 1. The first kappa shape index (κ1) is 12.1. The Hall–Kier alpha value is -0.940. The fourth-order valence-electron chi connectivity index (χ4n) is 1.29. The summed E-state index contributed by atoms with van der Waals surface area (Å²) in [5, 5.41) is 7.12. The molecule has 4 nitrogen and oxygen atoms in total. The Kier molecular flexibility index (Phi) is 4.71. The van der Waals surface area contributed by atoms with E-state index in [2.05, 4.69) is 4.98 Å². The van der Waals surface area contributed by atoms with Gasteiger partial charge in [-0.05, 0) is 13.8 Å². The lowest BCUT2D eigenvalue weighted by Crippen LogP contribution is -2.20. The second-order valence-corrected chi connectivity index (χ2v) is 4.46.